The highest BCUT2D eigenvalue weighted by atomic mass is 16.6. The van der Waals surface area contributed by atoms with E-state index in [1.54, 1.807) is 0 Å². The lowest BCUT2D eigenvalue weighted by Crippen LogP contribution is -2.37. The summed E-state index contributed by atoms with van der Waals surface area (Å²) in [4.78, 5) is 21.9. The highest BCUT2D eigenvalue weighted by molar-refractivity contribution is 5.91. The summed E-state index contributed by atoms with van der Waals surface area (Å²) in [5, 5.41) is 24.0. The lowest BCUT2D eigenvalue weighted by molar-refractivity contribution is -0.384. The van der Waals surface area contributed by atoms with E-state index in [0.29, 0.717) is 13.0 Å². The van der Waals surface area contributed by atoms with E-state index in [1.165, 1.54) is 25.3 Å². The molecule has 0 saturated carbocycles. The van der Waals surface area contributed by atoms with Crippen LogP contribution in [0, 0.1) is 10.1 Å². The zero-order valence-electron chi connectivity index (χ0n) is 11.5. The first-order chi connectivity index (χ1) is 9.95. The van der Waals surface area contributed by atoms with Crippen molar-refractivity contribution in [1.82, 2.24) is 0 Å². The van der Waals surface area contributed by atoms with Crippen molar-refractivity contribution < 1.29 is 24.3 Å². The van der Waals surface area contributed by atoms with E-state index < -0.39 is 16.5 Å². The molecule has 2 rings (SSSR count). The largest absolute Gasteiger partial charge is 0.465 e. The number of nitro benzene ring substituents is 1. The third-order valence-corrected chi connectivity index (χ3v) is 3.30. The summed E-state index contributed by atoms with van der Waals surface area (Å²) in [5.41, 5.74) is -0.886. The molecular formula is C13H16N2O6. The predicted octanol–water partition coefficient (Wildman–Crippen LogP) is 0.945. The molecule has 8 heteroatoms. The molecule has 1 atom stereocenters. The van der Waals surface area contributed by atoms with Crippen LogP contribution < -0.4 is 5.32 Å². The number of rotatable bonds is 5. The fourth-order valence-electron chi connectivity index (χ4n) is 2.08. The van der Waals surface area contributed by atoms with Crippen LogP contribution in [0.5, 0.6) is 0 Å². The minimum Gasteiger partial charge on any atom is -0.465 e. The van der Waals surface area contributed by atoms with Crippen LogP contribution in [-0.2, 0) is 9.47 Å². The Morgan fingerprint density at radius 2 is 2.38 bits per heavy atom. The third kappa shape index (κ3) is 3.47. The topological polar surface area (TPSA) is 111 Å². The van der Waals surface area contributed by atoms with Gasteiger partial charge in [0.15, 0.2) is 0 Å². The molecule has 21 heavy (non-hydrogen) atoms. The van der Waals surface area contributed by atoms with E-state index in [9.17, 15) is 20.0 Å². The number of methoxy groups -OCH3 is 1. The zero-order chi connectivity index (χ0) is 15.5. The number of benzene rings is 1. The summed E-state index contributed by atoms with van der Waals surface area (Å²) in [5.74, 6) is -0.587. The average molecular weight is 296 g/mol. The fraction of sp³-hybridized carbons (Fsp3) is 0.462. The van der Waals surface area contributed by atoms with E-state index in [0.717, 1.165) is 0 Å². The second-order valence-electron chi connectivity index (χ2n) is 4.86. The van der Waals surface area contributed by atoms with Gasteiger partial charge in [0.2, 0.25) is 0 Å². The van der Waals surface area contributed by atoms with Gasteiger partial charge in [-0.05, 0) is 12.1 Å². The molecule has 1 saturated heterocycles. The zero-order valence-corrected chi connectivity index (χ0v) is 11.5. The maximum Gasteiger partial charge on any atom is 0.337 e. The van der Waals surface area contributed by atoms with Crippen molar-refractivity contribution in [2.24, 2.45) is 0 Å². The summed E-state index contributed by atoms with van der Waals surface area (Å²) >= 11 is 0. The Morgan fingerprint density at radius 3 is 2.95 bits per heavy atom. The standard InChI is InChI=1S/C13H16N2O6/c1-20-12(16)9-2-3-11(15(18)19)10(6-9)14-7-13(17)4-5-21-8-13/h2-3,6,14,17H,4-5,7-8H2,1H3. The van der Waals surface area contributed by atoms with Crippen molar-refractivity contribution in [3.63, 3.8) is 0 Å². The molecule has 1 aromatic rings. The Labute approximate surface area is 120 Å². The van der Waals surface area contributed by atoms with Crippen LogP contribution >= 0.6 is 0 Å². The fourth-order valence-corrected chi connectivity index (χ4v) is 2.08. The van der Waals surface area contributed by atoms with Crippen molar-refractivity contribution in [3.8, 4) is 0 Å². The molecule has 1 unspecified atom stereocenters. The van der Waals surface area contributed by atoms with Crippen molar-refractivity contribution in [2.75, 3.05) is 32.2 Å². The van der Waals surface area contributed by atoms with Crippen LogP contribution in [0.4, 0.5) is 11.4 Å². The van der Waals surface area contributed by atoms with Gasteiger partial charge in [-0.15, -0.1) is 0 Å². The summed E-state index contributed by atoms with van der Waals surface area (Å²) in [6.45, 7) is 0.714. The van der Waals surface area contributed by atoms with Crippen LogP contribution in [0.1, 0.15) is 16.8 Å². The van der Waals surface area contributed by atoms with Gasteiger partial charge in [0.1, 0.15) is 11.3 Å². The number of carbonyl (C=O) groups is 1. The van der Waals surface area contributed by atoms with Gasteiger partial charge in [-0.3, -0.25) is 10.1 Å². The van der Waals surface area contributed by atoms with Gasteiger partial charge in [0, 0.05) is 25.6 Å². The number of nitrogens with one attached hydrogen (secondary N) is 1. The Kier molecular flexibility index (Phi) is 4.39. The summed E-state index contributed by atoms with van der Waals surface area (Å²) < 4.78 is 9.69. The number of hydrogen-bond acceptors (Lipinski definition) is 7. The second-order valence-corrected chi connectivity index (χ2v) is 4.86. The molecule has 0 bridgehead atoms. The highest BCUT2D eigenvalue weighted by Crippen LogP contribution is 2.27. The number of esters is 1. The maximum absolute atomic E-state index is 11.5. The molecule has 1 aliphatic heterocycles. The van der Waals surface area contributed by atoms with Gasteiger partial charge in [-0.25, -0.2) is 4.79 Å². The molecule has 1 aliphatic rings. The van der Waals surface area contributed by atoms with E-state index in [4.69, 9.17) is 4.74 Å². The molecule has 0 aliphatic carbocycles. The van der Waals surface area contributed by atoms with Crippen LogP contribution in [0.25, 0.3) is 0 Å². The number of ether oxygens (including phenoxy) is 2. The van der Waals surface area contributed by atoms with Gasteiger partial charge >= 0.3 is 5.97 Å². The maximum atomic E-state index is 11.5. The SMILES string of the molecule is COC(=O)c1ccc([N+](=O)[O-])c(NCC2(O)CCOC2)c1. The molecule has 1 heterocycles. The minimum atomic E-state index is -1.06. The van der Waals surface area contributed by atoms with Gasteiger partial charge in [-0.1, -0.05) is 0 Å². The van der Waals surface area contributed by atoms with Crippen LogP contribution in [0.15, 0.2) is 18.2 Å². The summed E-state index contributed by atoms with van der Waals surface area (Å²) in [6.07, 6.45) is 0.449. The number of nitrogens with zero attached hydrogens (tertiary/aromatic N) is 1. The van der Waals surface area contributed by atoms with Crippen LogP contribution in [0.2, 0.25) is 0 Å². The first kappa shape index (κ1) is 15.2. The second kappa shape index (κ2) is 6.06. The van der Waals surface area contributed by atoms with Gasteiger partial charge in [0.05, 0.1) is 24.2 Å². The molecule has 0 aromatic heterocycles. The van der Waals surface area contributed by atoms with Crippen LogP contribution in [0.3, 0.4) is 0 Å². The quantitative estimate of drug-likeness (QED) is 0.472. The Bertz CT molecular complexity index is 554. The Morgan fingerprint density at radius 1 is 1.62 bits per heavy atom. The molecular weight excluding hydrogens is 280 g/mol. The number of nitro groups is 1. The van der Waals surface area contributed by atoms with Gasteiger partial charge in [-0.2, -0.15) is 0 Å². The number of anilines is 1. The molecule has 0 radical (unpaired) electrons. The van der Waals surface area contributed by atoms with Crippen molar-refractivity contribution in [3.05, 3.63) is 33.9 Å². The van der Waals surface area contributed by atoms with E-state index >= 15 is 0 Å². The minimum absolute atomic E-state index is 0.0957. The molecule has 2 N–H and O–H groups in total. The molecule has 0 spiro atoms. The third-order valence-electron chi connectivity index (χ3n) is 3.30. The Balaban J connectivity index is 2.22. The van der Waals surface area contributed by atoms with Crippen molar-refractivity contribution in [2.45, 2.75) is 12.0 Å². The molecule has 1 aromatic carbocycles. The molecule has 1 fully saturated rings. The molecule has 8 nitrogen and oxygen atoms in total. The van der Waals surface area contributed by atoms with Gasteiger partial charge < -0.3 is 19.9 Å². The summed E-state index contributed by atoms with van der Waals surface area (Å²) in [7, 11) is 1.23. The monoisotopic (exact) mass is 296 g/mol. The smallest absolute Gasteiger partial charge is 0.337 e. The highest BCUT2D eigenvalue weighted by Gasteiger charge is 2.32. The number of hydrogen-bond donors (Lipinski definition) is 2. The van der Waals surface area contributed by atoms with E-state index in [-0.39, 0.29) is 30.1 Å². The van der Waals surface area contributed by atoms with Gasteiger partial charge in [0.25, 0.3) is 5.69 Å². The summed E-state index contributed by atoms with van der Waals surface area (Å²) in [6, 6.07) is 3.88. The average Bonchev–Trinajstić information content (AvgIpc) is 2.91. The Hall–Kier alpha value is -2.19. The first-order valence-electron chi connectivity index (χ1n) is 6.36. The van der Waals surface area contributed by atoms with E-state index in [1.807, 2.05) is 0 Å². The number of carbonyl (C=O) groups excluding carboxylic acids is 1. The normalized spacial score (nSPS) is 21.0. The number of aliphatic hydroxyl groups is 1. The predicted molar refractivity (Wildman–Crippen MR) is 73.3 cm³/mol. The lowest BCUT2D eigenvalue weighted by Gasteiger charge is -2.21. The van der Waals surface area contributed by atoms with Crippen molar-refractivity contribution in [1.29, 1.82) is 0 Å². The van der Waals surface area contributed by atoms with Crippen molar-refractivity contribution >= 4 is 17.3 Å². The first-order valence-corrected chi connectivity index (χ1v) is 6.36. The van der Waals surface area contributed by atoms with Crippen LogP contribution in [-0.4, -0.2) is 48.5 Å². The molecule has 0 amide bonds. The van der Waals surface area contributed by atoms with E-state index in [2.05, 4.69) is 10.1 Å². The molecule has 114 valence electrons. The lowest BCUT2D eigenvalue weighted by atomic mass is 10.0.